The fourth-order valence-electron chi connectivity index (χ4n) is 2.80. The number of anilines is 1. The monoisotopic (exact) mass is 413 g/mol. The molecule has 1 heterocycles. The number of hydrogen-bond donors (Lipinski definition) is 2. The second kappa shape index (κ2) is 9.56. The molecule has 1 amide bonds. The Morgan fingerprint density at radius 2 is 1.93 bits per heavy atom. The van der Waals surface area contributed by atoms with Crippen molar-refractivity contribution in [1.29, 1.82) is 0 Å². The second-order valence-electron chi connectivity index (χ2n) is 6.81. The standard InChI is InChI=1S/C21H24FN5OS/c1-3-14(2)15-8-10-17(11-9-15)24-20(28)13-29-21-26-25-19(27(21)23)12-16-6-4-5-7-18(16)22/h4-11,14H,3,12-13,23H2,1-2H3,(H,24,28)/t14-/m1/s1. The van der Waals surface area contributed by atoms with E-state index in [0.29, 0.717) is 22.5 Å². The molecule has 0 spiro atoms. The zero-order valence-corrected chi connectivity index (χ0v) is 17.2. The number of thioether (sulfide) groups is 1. The Morgan fingerprint density at radius 1 is 1.21 bits per heavy atom. The minimum absolute atomic E-state index is 0.141. The van der Waals surface area contributed by atoms with Crippen LogP contribution in [0.25, 0.3) is 0 Å². The number of rotatable bonds is 8. The lowest BCUT2D eigenvalue weighted by Gasteiger charge is -2.10. The van der Waals surface area contributed by atoms with Gasteiger partial charge in [0.25, 0.3) is 0 Å². The molecular weight excluding hydrogens is 389 g/mol. The summed E-state index contributed by atoms with van der Waals surface area (Å²) < 4.78 is 15.1. The van der Waals surface area contributed by atoms with E-state index in [1.54, 1.807) is 18.2 Å². The zero-order chi connectivity index (χ0) is 20.8. The zero-order valence-electron chi connectivity index (χ0n) is 16.4. The van der Waals surface area contributed by atoms with Crippen LogP contribution < -0.4 is 11.2 Å². The summed E-state index contributed by atoms with van der Waals surface area (Å²) in [5.41, 5.74) is 2.48. The summed E-state index contributed by atoms with van der Waals surface area (Å²) in [5.74, 6) is 6.60. The van der Waals surface area contributed by atoms with Gasteiger partial charge < -0.3 is 11.2 Å². The van der Waals surface area contributed by atoms with Crippen LogP contribution in [0.1, 0.15) is 43.1 Å². The maximum absolute atomic E-state index is 13.8. The van der Waals surface area contributed by atoms with Crippen molar-refractivity contribution in [1.82, 2.24) is 14.9 Å². The highest BCUT2D eigenvalue weighted by molar-refractivity contribution is 7.99. The van der Waals surface area contributed by atoms with E-state index in [1.165, 1.54) is 28.1 Å². The molecule has 29 heavy (non-hydrogen) atoms. The summed E-state index contributed by atoms with van der Waals surface area (Å²) in [6, 6.07) is 14.3. The van der Waals surface area contributed by atoms with Crippen molar-refractivity contribution in [2.45, 2.75) is 37.8 Å². The molecule has 0 bridgehead atoms. The highest BCUT2D eigenvalue weighted by Gasteiger charge is 2.14. The lowest BCUT2D eigenvalue weighted by atomic mass is 9.99. The van der Waals surface area contributed by atoms with Crippen LogP contribution in [0.15, 0.2) is 53.7 Å². The first-order chi connectivity index (χ1) is 14.0. The molecule has 3 rings (SSSR count). The fraction of sp³-hybridized carbons (Fsp3) is 0.286. The average Bonchev–Trinajstić information content (AvgIpc) is 3.07. The number of carbonyl (C=O) groups excluding carboxylic acids is 1. The molecular formula is C21H24FN5OS. The van der Waals surface area contributed by atoms with Gasteiger partial charge in [-0.2, -0.15) is 0 Å². The van der Waals surface area contributed by atoms with E-state index < -0.39 is 0 Å². The summed E-state index contributed by atoms with van der Waals surface area (Å²) in [6.45, 7) is 4.32. The third kappa shape index (κ3) is 5.35. The first-order valence-corrected chi connectivity index (χ1v) is 10.4. The maximum atomic E-state index is 13.8. The van der Waals surface area contributed by atoms with Crippen LogP contribution in [0.3, 0.4) is 0 Å². The number of hydrogen-bond acceptors (Lipinski definition) is 5. The van der Waals surface area contributed by atoms with Crippen molar-refractivity contribution >= 4 is 23.4 Å². The Balaban J connectivity index is 1.55. The van der Waals surface area contributed by atoms with Crippen LogP contribution in [-0.4, -0.2) is 26.5 Å². The molecule has 0 aliphatic heterocycles. The van der Waals surface area contributed by atoms with Gasteiger partial charge in [0.15, 0.2) is 5.82 Å². The molecule has 0 fully saturated rings. The average molecular weight is 414 g/mol. The van der Waals surface area contributed by atoms with Gasteiger partial charge in [0.2, 0.25) is 11.1 Å². The number of nitrogens with two attached hydrogens (primary N) is 1. The minimum atomic E-state index is -0.316. The summed E-state index contributed by atoms with van der Waals surface area (Å²) >= 11 is 1.18. The Morgan fingerprint density at radius 3 is 2.62 bits per heavy atom. The van der Waals surface area contributed by atoms with E-state index in [9.17, 15) is 9.18 Å². The van der Waals surface area contributed by atoms with E-state index in [1.807, 2.05) is 24.3 Å². The third-order valence-corrected chi connectivity index (χ3v) is 5.69. The van der Waals surface area contributed by atoms with E-state index in [4.69, 9.17) is 5.84 Å². The maximum Gasteiger partial charge on any atom is 0.234 e. The SMILES string of the molecule is CC[C@@H](C)c1ccc(NC(=O)CSc2nnc(Cc3ccccc3F)n2N)cc1. The fourth-order valence-corrected chi connectivity index (χ4v) is 3.47. The number of nitrogens with zero attached hydrogens (tertiary/aromatic N) is 3. The molecule has 152 valence electrons. The van der Waals surface area contributed by atoms with Crippen LogP contribution >= 0.6 is 11.8 Å². The predicted molar refractivity (Wildman–Crippen MR) is 114 cm³/mol. The Hall–Kier alpha value is -2.87. The first-order valence-electron chi connectivity index (χ1n) is 9.43. The smallest absolute Gasteiger partial charge is 0.234 e. The molecule has 1 aromatic heterocycles. The van der Waals surface area contributed by atoms with Crippen molar-refractivity contribution in [3.8, 4) is 0 Å². The number of nitrogens with one attached hydrogen (secondary N) is 1. The lowest BCUT2D eigenvalue weighted by Crippen LogP contribution is -2.17. The van der Waals surface area contributed by atoms with Crippen molar-refractivity contribution in [2.75, 3.05) is 16.9 Å². The van der Waals surface area contributed by atoms with Gasteiger partial charge in [-0.15, -0.1) is 10.2 Å². The Bertz CT molecular complexity index is 973. The topological polar surface area (TPSA) is 85.8 Å². The van der Waals surface area contributed by atoms with Crippen LogP contribution in [0.5, 0.6) is 0 Å². The van der Waals surface area contributed by atoms with E-state index >= 15 is 0 Å². The molecule has 3 aromatic rings. The molecule has 0 aliphatic carbocycles. The summed E-state index contributed by atoms with van der Waals surface area (Å²) in [5, 5.41) is 11.3. The predicted octanol–water partition coefficient (Wildman–Crippen LogP) is 3.97. The summed E-state index contributed by atoms with van der Waals surface area (Å²) in [6.07, 6.45) is 1.30. The van der Waals surface area contributed by atoms with Crippen molar-refractivity contribution < 1.29 is 9.18 Å². The molecule has 0 saturated heterocycles. The number of amides is 1. The number of benzene rings is 2. The molecule has 0 unspecified atom stereocenters. The van der Waals surface area contributed by atoms with Gasteiger partial charge in [0, 0.05) is 12.1 Å². The van der Waals surface area contributed by atoms with Gasteiger partial charge in [-0.05, 0) is 41.7 Å². The van der Waals surface area contributed by atoms with Gasteiger partial charge in [0.1, 0.15) is 5.82 Å². The molecule has 1 atom stereocenters. The van der Waals surface area contributed by atoms with Gasteiger partial charge in [-0.1, -0.05) is 55.9 Å². The molecule has 8 heteroatoms. The Kier molecular flexibility index (Phi) is 6.87. The number of nitrogen functional groups attached to an aromatic ring is 1. The highest BCUT2D eigenvalue weighted by Crippen LogP contribution is 2.21. The van der Waals surface area contributed by atoms with E-state index in [2.05, 4.69) is 29.4 Å². The molecule has 2 aromatic carbocycles. The lowest BCUT2D eigenvalue weighted by molar-refractivity contribution is -0.113. The number of carbonyl (C=O) groups is 1. The van der Waals surface area contributed by atoms with Gasteiger partial charge in [-0.25, -0.2) is 9.07 Å². The van der Waals surface area contributed by atoms with Crippen LogP contribution in [0.4, 0.5) is 10.1 Å². The van der Waals surface area contributed by atoms with Crippen molar-refractivity contribution in [3.63, 3.8) is 0 Å². The quantitative estimate of drug-likeness (QED) is 0.431. The van der Waals surface area contributed by atoms with Gasteiger partial charge >= 0.3 is 0 Å². The summed E-state index contributed by atoms with van der Waals surface area (Å²) in [7, 11) is 0. The second-order valence-corrected chi connectivity index (χ2v) is 7.75. The third-order valence-electron chi connectivity index (χ3n) is 4.75. The normalized spacial score (nSPS) is 12.0. The molecule has 6 nitrogen and oxygen atoms in total. The molecule has 0 aliphatic rings. The number of aromatic nitrogens is 3. The van der Waals surface area contributed by atoms with E-state index in [0.717, 1.165) is 12.1 Å². The number of halogens is 1. The van der Waals surface area contributed by atoms with Gasteiger partial charge in [0.05, 0.1) is 5.75 Å². The highest BCUT2D eigenvalue weighted by atomic mass is 32.2. The Labute approximate surface area is 173 Å². The van der Waals surface area contributed by atoms with E-state index in [-0.39, 0.29) is 23.9 Å². The van der Waals surface area contributed by atoms with Crippen LogP contribution in [0.2, 0.25) is 0 Å². The minimum Gasteiger partial charge on any atom is -0.336 e. The van der Waals surface area contributed by atoms with Crippen LogP contribution in [0, 0.1) is 5.82 Å². The van der Waals surface area contributed by atoms with Crippen molar-refractivity contribution in [3.05, 3.63) is 71.3 Å². The van der Waals surface area contributed by atoms with Gasteiger partial charge in [-0.3, -0.25) is 4.79 Å². The molecule has 0 radical (unpaired) electrons. The molecule has 0 saturated carbocycles. The molecule has 3 N–H and O–H groups in total. The largest absolute Gasteiger partial charge is 0.336 e. The first kappa shape index (κ1) is 20.9. The van der Waals surface area contributed by atoms with Crippen LogP contribution in [-0.2, 0) is 11.2 Å². The summed E-state index contributed by atoms with van der Waals surface area (Å²) in [4.78, 5) is 12.2. The van der Waals surface area contributed by atoms with Crippen molar-refractivity contribution in [2.24, 2.45) is 0 Å².